The molecule has 110 valence electrons. The van der Waals surface area contributed by atoms with Crippen LogP contribution >= 0.6 is 0 Å². The molecule has 0 aromatic carbocycles. The van der Waals surface area contributed by atoms with E-state index in [1.54, 1.807) is 0 Å². The number of hydrogen-bond donors (Lipinski definition) is 1. The molecular weight excluding hydrogens is 246 g/mol. The standard InChI is InChI=1S/C17H27N3/c1-12(2-3-18)20-5-4-19-16(20)17-9-13-6-14(10-17)8-15(7-13)11-17/h4-5,12-15H,2-3,6-11,18H2,1H3. The Balaban J connectivity index is 1.69. The van der Waals surface area contributed by atoms with Crippen LogP contribution in [0.1, 0.15) is 63.7 Å². The number of nitrogens with zero attached hydrogens (tertiary/aromatic N) is 2. The van der Waals surface area contributed by atoms with Gasteiger partial charge in [0.25, 0.3) is 0 Å². The second-order valence-electron chi connectivity index (χ2n) is 7.78. The number of rotatable bonds is 4. The Kier molecular flexibility index (Phi) is 2.95. The number of aromatic nitrogens is 2. The second kappa shape index (κ2) is 4.59. The van der Waals surface area contributed by atoms with E-state index in [1.165, 1.54) is 44.3 Å². The van der Waals surface area contributed by atoms with Gasteiger partial charge in [-0.2, -0.15) is 0 Å². The van der Waals surface area contributed by atoms with Gasteiger partial charge >= 0.3 is 0 Å². The average Bonchev–Trinajstić information content (AvgIpc) is 2.87. The molecule has 5 rings (SSSR count). The van der Waals surface area contributed by atoms with Gasteiger partial charge in [0.2, 0.25) is 0 Å². The third kappa shape index (κ3) is 1.86. The summed E-state index contributed by atoms with van der Waals surface area (Å²) in [5, 5.41) is 0. The summed E-state index contributed by atoms with van der Waals surface area (Å²) in [5.74, 6) is 4.33. The minimum absolute atomic E-state index is 0.404. The molecule has 0 spiro atoms. The highest BCUT2D eigenvalue weighted by Crippen LogP contribution is 2.60. The quantitative estimate of drug-likeness (QED) is 0.915. The van der Waals surface area contributed by atoms with Crippen LogP contribution in [0.15, 0.2) is 12.4 Å². The Hall–Kier alpha value is -0.830. The lowest BCUT2D eigenvalue weighted by atomic mass is 9.49. The molecule has 4 saturated carbocycles. The third-order valence-corrected chi connectivity index (χ3v) is 6.24. The van der Waals surface area contributed by atoms with E-state index in [1.807, 2.05) is 6.20 Å². The topological polar surface area (TPSA) is 43.8 Å². The first-order chi connectivity index (χ1) is 9.70. The summed E-state index contributed by atoms with van der Waals surface area (Å²) in [6, 6.07) is 0.491. The summed E-state index contributed by atoms with van der Waals surface area (Å²) in [7, 11) is 0. The Morgan fingerprint density at radius 2 is 1.85 bits per heavy atom. The van der Waals surface area contributed by atoms with Crippen LogP contribution < -0.4 is 5.73 Å². The lowest BCUT2D eigenvalue weighted by Crippen LogP contribution is -2.49. The molecule has 0 radical (unpaired) electrons. The van der Waals surface area contributed by atoms with Gasteiger partial charge in [0, 0.05) is 23.9 Å². The second-order valence-corrected chi connectivity index (χ2v) is 7.78. The van der Waals surface area contributed by atoms with Crippen molar-refractivity contribution in [2.75, 3.05) is 6.54 Å². The molecule has 4 aliphatic rings. The fraction of sp³-hybridized carbons (Fsp3) is 0.824. The minimum Gasteiger partial charge on any atom is -0.332 e. The zero-order chi connectivity index (χ0) is 13.7. The largest absolute Gasteiger partial charge is 0.332 e. The molecule has 4 bridgehead atoms. The maximum Gasteiger partial charge on any atom is 0.115 e. The third-order valence-electron chi connectivity index (χ3n) is 6.24. The van der Waals surface area contributed by atoms with E-state index < -0.39 is 0 Å². The molecule has 4 fully saturated rings. The minimum atomic E-state index is 0.404. The van der Waals surface area contributed by atoms with Gasteiger partial charge in [-0.1, -0.05) is 0 Å². The van der Waals surface area contributed by atoms with Crippen molar-refractivity contribution in [3.63, 3.8) is 0 Å². The molecule has 1 atom stereocenters. The Labute approximate surface area is 122 Å². The summed E-state index contributed by atoms with van der Waals surface area (Å²) in [6.45, 7) is 3.05. The van der Waals surface area contributed by atoms with E-state index in [2.05, 4.69) is 17.7 Å². The SMILES string of the molecule is CC(CCN)n1ccnc1C12CC3CC(CC(C3)C1)C2. The van der Waals surface area contributed by atoms with Gasteiger partial charge in [-0.25, -0.2) is 4.98 Å². The molecule has 1 heterocycles. The molecule has 3 heteroatoms. The van der Waals surface area contributed by atoms with Crippen LogP contribution in [0.5, 0.6) is 0 Å². The molecule has 1 aromatic heterocycles. The number of hydrogen-bond acceptors (Lipinski definition) is 2. The predicted molar refractivity (Wildman–Crippen MR) is 80.5 cm³/mol. The maximum absolute atomic E-state index is 5.76. The van der Waals surface area contributed by atoms with E-state index in [0.29, 0.717) is 11.5 Å². The first kappa shape index (κ1) is 12.9. The smallest absolute Gasteiger partial charge is 0.115 e. The van der Waals surface area contributed by atoms with Crippen LogP contribution in [0.25, 0.3) is 0 Å². The van der Waals surface area contributed by atoms with Crippen molar-refractivity contribution < 1.29 is 0 Å². The summed E-state index contributed by atoms with van der Waals surface area (Å²) in [5.41, 5.74) is 6.16. The van der Waals surface area contributed by atoms with Gasteiger partial charge in [-0.15, -0.1) is 0 Å². The lowest BCUT2D eigenvalue weighted by Gasteiger charge is -2.56. The highest BCUT2D eigenvalue weighted by Gasteiger charge is 2.53. The zero-order valence-corrected chi connectivity index (χ0v) is 12.6. The maximum atomic E-state index is 5.76. The van der Waals surface area contributed by atoms with E-state index in [0.717, 1.165) is 30.7 Å². The fourth-order valence-corrected chi connectivity index (χ4v) is 5.84. The molecule has 3 nitrogen and oxygen atoms in total. The first-order valence-corrected chi connectivity index (χ1v) is 8.43. The van der Waals surface area contributed by atoms with Gasteiger partial charge < -0.3 is 10.3 Å². The first-order valence-electron chi connectivity index (χ1n) is 8.43. The normalized spacial score (nSPS) is 40.2. The van der Waals surface area contributed by atoms with E-state index >= 15 is 0 Å². The van der Waals surface area contributed by atoms with Crippen molar-refractivity contribution in [1.82, 2.24) is 9.55 Å². The van der Waals surface area contributed by atoms with Crippen LogP contribution in [-0.2, 0) is 5.41 Å². The van der Waals surface area contributed by atoms with Gasteiger partial charge in [0.05, 0.1) is 0 Å². The van der Waals surface area contributed by atoms with Crippen molar-refractivity contribution >= 4 is 0 Å². The summed E-state index contributed by atoms with van der Waals surface area (Å²) >= 11 is 0. The van der Waals surface area contributed by atoms with E-state index in [-0.39, 0.29) is 0 Å². The van der Waals surface area contributed by atoms with Crippen LogP contribution in [0.4, 0.5) is 0 Å². The molecule has 20 heavy (non-hydrogen) atoms. The Morgan fingerprint density at radius 1 is 1.25 bits per heavy atom. The summed E-state index contributed by atoms with van der Waals surface area (Å²) in [6.07, 6.45) is 13.9. The molecule has 1 unspecified atom stereocenters. The average molecular weight is 273 g/mol. The van der Waals surface area contributed by atoms with Crippen LogP contribution in [0.2, 0.25) is 0 Å². The van der Waals surface area contributed by atoms with Crippen molar-refractivity contribution in [2.24, 2.45) is 23.5 Å². The Morgan fingerprint density at radius 3 is 2.40 bits per heavy atom. The lowest BCUT2D eigenvalue weighted by molar-refractivity contribution is -0.0115. The van der Waals surface area contributed by atoms with Gasteiger partial charge in [0.1, 0.15) is 5.82 Å². The summed E-state index contributed by atoms with van der Waals surface area (Å²) < 4.78 is 2.44. The molecule has 4 aliphatic carbocycles. The number of imidazole rings is 1. The number of nitrogens with two attached hydrogens (primary N) is 1. The molecule has 0 saturated heterocycles. The zero-order valence-electron chi connectivity index (χ0n) is 12.6. The molecule has 0 amide bonds. The van der Waals surface area contributed by atoms with Crippen molar-refractivity contribution in [1.29, 1.82) is 0 Å². The summed E-state index contributed by atoms with van der Waals surface area (Å²) in [4.78, 5) is 4.83. The molecule has 2 N–H and O–H groups in total. The molecular formula is C17H27N3. The van der Waals surface area contributed by atoms with Gasteiger partial charge in [-0.3, -0.25) is 0 Å². The van der Waals surface area contributed by atoms with Crippen LogP contribution in [-0.4, -0.2) is 16.1 Å². The predicted octanol–water partition coefficient (Wildman–Crippen LogP) is 3.26. The van der Waals surface area contributed by atoms with Crippen molar-refractivity contribution in [2.45, 2.75) is 63.3 Å². The van der Waals surface area contributed by atoms with Crippen LogP contribution in [0.3, 0.4) is 0 Å². The highest BCUT2D eigenvalue weighted by atomic mass is 15.1. The van der Waals surface area contributed by atoms with Gasteiger partial charge in [0.15, 0.2) is 0 Å². The molecule has 0 aliphatic heterocycles. The monoisotopic (exact) mass is 273 g/mol. The van der Waals surface area contributed by atoms with Gasteiger partial charge in [-0.05, 0) is 76.2 Å². The molecule has 1 aromatic rings. The van der Waals surface area contributed by atoms with E-state index in [9.17, 15) is 0 Å². The Bertz CT molecular complexity index is 455. The van der Waals surface area contributed by atoms with Crippen molar-refractivity contribution in [3.05, 3.63) is 18.2 Å². The highest BCUT2D eigenvalue weighted by molar-refractivity contribution is 5.19. The van der Waals surface area contributed by atoms with E-state index in [4.69, 9.17) is 10.7 Å². The van der Waals surface area contributed by atoms with Crippen LogP contribution in [0, 0.1) is 17.8 Å². The van der Waals surface area contributed by atoms with Crippen molar-refractivity contribution in [3.8, 4) is 0 Å². The fourth-order valence-electron chi connectivity index (χ4n) is 5.84.